The number of hydrogen-bond donors (Lipinski definition) is 0. The largest absolute Gasteiger partial charge is 0.408 e. The van der Waals surface area contributed by atoms with Crippen molar-refractivity contribution < 1.29 is 4.48 Å². The molecule has 0 bridgehead atoms. The van der Waals surface area contributed by atoms with E-state index in [2.05, 4.69) is 25.3 Å². The van der Waals surface area contributed by atoms with Gasteiger partial charge < -0.3 is 4.48 Å². The van der Waals surface area contributed by atoms with Gasteiger partial charge >= 0.3 is 7.98 Å². The number of imidazole rings is 1. The number of hydrogen-bond acceptors (Lipinski definition) is 0. The molecule has 0 N–H and O–H groups in total. The summed E-state index contributed by atoms with van der Waals surface area (Å²) in [5.41, 5.74) is 0.130. The van der Waals surface area contributed by atoms with E-state index in [9.17, 15) is 0 Å². The van der Waals surface area contributed by atoms with Crippen LogP contribution < -0.4 is 4.48 Å². The average Bonchev–Trinajstić information content (AvgIpc) is 2.11. The molecule has 0 fully saturated rings. The molecule has 0 aliphatic heterocycles. The van der Waals surface area contributed by atoms with Crippen molar-refractivity contribution >= 4 is 7.98 Å². The van der Waals surface area contributed by atoms with Crippen LogP contribution in [0.3, 0.4) is 0 Å². The smallest absolute Gasteiger partial charge is 0.306 e. The summed E-state index contributed by atoms with van der Waals surface area (Å²) in [5.74, 6) is 0. The van der Waals surface area contributed by atoms with E-state index >= 15 is 0 Å². The van der Waals surface area contributed by atoms with Crippen molar-refractivity contribution in [1.82, 2.24) is 4.57 Å². The first kappa shape index (κ1) is 7.38. The minimum Gasteiger partial charge on any atom is -0.306 e. The van der Waals surface area contributed by atoms with Gasteiger partial charge in [-0.3, -0.25) is 0 Å². The number of rotatable bonds is 0. The molecule has 0 atom stereocenters. The predicted octanol–water partition coefficient (Wildman–Crippen LogP) is 0.462. The third-order valence-electron chi connectivity index (χ3n) is 1.43. The molecule has 1 aromatic heterocycles. The second-order valence-corrected chi connectivity index (χ2v) is 3.44. The molecule has 0 aliphatic rings. The second-order valence-electron chi connectivity index (χ2n) is 3.44. The molecule has 1 aromatic rings. The summed E-state index contributed by atoms with van der Waals surface area (Å²) in [5, 5.41) is 0. The van der Waals surface area contributed by atoms with Gasteiger partial charge in [0.1, 0.15) is 17.9 Å². The van der Waals surface area contributed by atoms with Crippen molar-refractivity contribution in [2.75, 3.05) is 0 Å². The Morgan fingerprint density at radius 1 is 1.40 bits per heavy atom. The van der Waals surface area contributed by atoms with Crippen molar-refractivity contribution in [2.45, 2.75) is 26.3 Å². The molecule has 0 aromatic carbocycles. The van der Waals surface area contributed by atoms with Gasteiger partial charge in [0.25, 0.3) is 0 Å². The van der Waals surface area contributed by atoms with Crippen molar-refractivity contribution in [3.63, 3.8) is 0 Å². The maximum absolute atomic E-state index is 5.47. The molecule has 1 rings (SSSR count). The van der Waals surface area contributed by atoms with Crippen LogP contribution in [0.25, 0.3) is 0 Å². The van der Waals surface area contributed by atoms with E-state index in [1.54, 1.807) is 4.48 Å². The Morgan fingerprint density at radius 2 is 2.00 bits per heavy atom. The van der Waals surface area contributed by atoms with Gasteiger partial charge in [0, 0.05) is 0 Å². The van der Waals surface area contributed by atoms with Crippen LogP contribution in [0.15, 0.2) is 18.7 Å². The zero-order valence-corrected chi connectivity index (χ0v) is 6.70. The summed E-state index contributed by atoms with van der Waals surface area (Å²) in [7, 11) is 5.47. The molecule has 2 radical (unpaired) electrons. The SMILES string of the molecule is [B][n+]1ccn(C(C)(C)C)c1. The van der Waals surface area contributed by atoms with Gasteiger partial charge in [-0.2, -0.15) is 0 Å². The highest BCUT2D eigenvalue weighted by Gasteiger charge is 2.17. The van der Waals surface area contributed by atoms with Crippen LogP contribution in [0.4, 0.5) is 0 Å². The van der Waals surface area contributed by atoms with Crippen LogP contribution in [-0.4, -0.2) is 12.5 Å². The quantitative estimate of drug-likeness (QED) is 0.457. The summed E-state index contributed by atoms with van der Waals surface area (Å²) >= 11 is 0. The van der Waals surface area contributed by atoms with E-state index in [1.807, 2.05) is 18.7 Å². The first-order chi connectivity index (χ1) is 4.50. The van der Waals surface area contributed by atoms with Crippen LogP contribution in [0, 0.1) is 0 Å². The maximum atomic E-state index is 5.47. The van der Waals surface area contributed by atoms with Crippen LogP contribution in [0.1, 0.15) is 20.8 Å². The Balaban J connectivity index is 2.96. The molecule has 10 heavy (non-hydrogen) atoms. The van der Waals surface area contributed by atoms with Gasteiger partial charge in [-0.1, -0.05) is 0 Å². The molecule has 3 heteroatoms. The average molecular weight is 135 g/mol. The fourth-order valence-electron chi connectivity index (χ4n) is 0.766. The van der Waals surface area contributed by atoms with Gasteiger partial charge in [0.05, 0.1) is 0 Å². The fraction of sp³-hybridized carbons (Fsp3) is 0.571. The topological polar surface area (TPSA) is 8.81 Å². The van der Waals surface area contributed by atoms with E-state index in [1.165, 1.54) is 0 Å². The summed E-state index contributed by atoms with van der Waals surface area (Å²) < 4.78 is 3.61. The molecular formula is C7H12BN2+. The van der Waals surface area contributed by atoms with Gasteiger partial charge in [-0.05, 0) is 20.8 Å². The van der Waals surface area contributed by atoms with Gasteiger partial charge in [0.15, 0.2) is 0 Å². The Kier molecular flexibility index (Phi) is 1.59. The van der Waals surface area contributed by atoms with E-state index in [4.69, 9.17) is 7.98 Å². The molecule has 1 heterocycles. The fourth-order valence-corrected chi connectivity index (χ4v) is 0.766. The van der Waals surface area contributed by atoms with Crippen molar-refractivity contribution in [1.29, 1.82) is 0 Å². The number of nitrogens with zero attached hydrogens (tertiary/aromatic N) is 2. The third kappa shape index (κ3) is 1.41. The minimum atomic E-state index is 0.130. The normalized spacial score (nSPS) is 11.9. The maximum Gasteiger partial charge on any atom is 0.408 e. The van der Waals surface area contributed by atoms with Crippen LogP contribution in [0.5, 0.6) is 0 Å². The van der Waals surface area contributed by atoms with E-state index in [-0.39, 0.29) is 5.54 Å². The van der Waals surface area contributed by atoms with E-state index in [0.717, 1.165) is 0 Å². The first-order valence-corrected chi connectivity index (χ1v) is 3.35. The zero-order valence-electron chi connectivity index (χ0n) is 6.70. The highest BCUT2D eigenvalue weighted by atomic mass is 15.1. The summed E-state index contributed by atoms with van der Waals surface area (Å²) in [6, 6.07) is 0. The first-order valence-electron chi connectivity index (χ1n) is 3.35. The van der Waals surface area contributed by atoms with Crippen molar-refractivity contribution in [3.8, 4) is 0 Å². The molecule has 0 saturated heterocycles. The predicted molar refractivity (Wildman–Crippen MR) is 40.8 cm³/mol. The number of aromatic nitrogens is 2. The molecule has 0 spiro atoms. The Hall–Kier alpha value is -0.725. The lowest BCUT2D eigenvalue weighted by Gasteiger charge is -2.13. The summed E-state index contributed by atoms with van der Waals surface area (Å²) in [6.07, 6.45) is 5.64. The van der Waals surface area contributed by atoms with E-state index in [0.29, 0.717) is 0 Å². The van der Waals surface area contributed by atoms with Gasteiger partial charge in [-0.25, -0.2) is 4.57 Å². The molecule has 2 nitrogen and oxygen atoms in total. The zero-order chi connectivity index (χ0) is 7.78. The summed E-state index contributed by atoms with van der Waals surface area (Å²) in [6.45, 7) is 6.40. The Morgan fingerprint density at radius 3 is 2.20 bits per heavy atom. The highest BCUT2D eigenvalue weighted by Crippen LogP contribution is 2.10. The standard InChI is InChI=1S/C7H12BN2/c1-7(2,3)9-4-5-10(8)6-9/h4-6H,1-3H3/q+1. The van der Waals surface area contributed by atoms with Gasteiger partial charge in [-0.15, -0.1) is 0 Å². The lowest BCUT2D eigenvalue weighted by Crippen LogP contribution is -2.30. The molecule has 0 amide bonds. The Labute approximate surface area is 62.9 Å². The highest BCUT2D eigenvalue weighted by molar-refractivity contribution is 5.94. The third-order valence-corrected chi connectivity index (χ3v) is 1.43. The van der Waals surface area contributed by atoms with Crippen LogP contribution >= 0.6 is 0 Å². The minimum absolute atomic E-state index is 0.130. The van der Waals surface area contributed by atoms with Crippen molar-refractivity contribution in [3.05, 3.63) is 18.7 Å². The molecule has 0 aliphatic carbocycles. The van der Waals surface area contributed by atoms with Gasteiger partial charge in [0.2, 0.25) is 6.33 Å². The monoisotopic (exact) mass is 135 g/mol. The van der Waals surface area contributed by atoms with E-state index < -0.39 is 0 Å². The van der Waals surface area contributed by atoms with Crippen LogP contribution in [-0.2, 0) is 5.54 Å². The summed E-state index contributed by atoms with van der Waals surface area (Å²) in [4.78, 5) is 0. The van der Waals surface area contributed by atoms with Crippen molar-refractivity contribution in [2.24, 2.45) is 0 Å². The molecule has 52 valence electrons. The second kappa shape index (κ2) is 2.15. The molecule has 0 unspecified atom stereocenters. The Bertz CT molecular complexity index is 222. The molecular weight excluding hydrogens is 123 g/mol. The molecule has 0 saturated carbocycles. The lowest BCUT2D eigenvalue weighted by molar-refractivity contribution is -0.521. The van der Waals surface area contributed by atoms with Crippen LogP contribution in [0.2, 0.25) is 0 Å². The lowest BCUT2D eigenvalue weighted by atomic mass is 10.1.